The van der Waals surface area contributed by atoms with Gasteiger partial charge in [0.2, 0.25) is 11.8 Å². The van der Waals surface area contributed by atoms with Gasteiger partial charge in [0, 0.05) is 19.1 Å². The second-order valence-electron chi connectivity index (χ2n) is 4.92. The van der Waals surface area contributed by atoms with Gasteiger partial charge in [-0.1, -0.05) is 19.9 Å². The Labute approximate surface area is 108 Å². The molecule has 1 aliphatic heterocycles. The van der Waals surface area contributed by atoms with Crippen LogP contribution in [0.5, 0.6) is 0 Å². The van der Waals surface area contributed by atoms with Gasteiger partial charge in [0.25, 0.3) is 0 Å². The van der Waals surface area contributed by atoms with Gasteiger partial charge in [0.1, 0.15) is 6.61 Å². The van der Waals surface area contributed by atoms with Crippen LogP contribution in [0.4, 0.5) is 0 Å². The van der Waals surface area contributed by atoms with E-state index in [0.717, 1.165) is 12.8 Å². The van der Waals surface area contributed by atoms with Gasteiger partial charge in [-0.2, -0.15) is 0 Å². The van der Waals surface area contributed by atoms with Crippen molar-refractivity contribution >= 4 is 11.8 Å². The van der Waals surface area contributed by atoms with Crippen LogP contribution in [0.25, 0.3) is 0 Å². The molecule has 2 amide bonds. The minimum absolute atomic E-state index is 0.0735. The number of aliphatic hydroxyl groups is 1. The summed E-state index contributed by atoms with van der Waals surface area (Å²) < 4.78 is 0. The minimum Gasteiger partial charge on any atom is -0.387 e. The molecule has 0 aromatic heterocycles. The van der Waals surface area contributed by atoms with Crippen LogP contribution in [0.15, 0.2) is 12.2 Å². The number of amides is 2. The molecule has 0 spiro atoms. The lowest BCUT2D eigenvalue weighted by Gasteiger charge is -2.31. The number of nitrogens with zero attached hydrogens (tertiary/aromatic N) is 1. The average Bonchev–Trinajstić information content (AvgIpc) is 2.36. The highest BCUT2D eigenvalue weighted by Gasteiger charge is 2.22. The van der Waals surface area contributed by atoms with Gasteiger partial charge in [-0.15, -0.1) is 0 Å². The third-order valence-corrected chi connectivity index (χ3v) is 2.96. The monoisotopic (exact) mass is 254 g/mol. The second kappa shape index (κ2) is 7.16. The van der Waals surface area contributed by atoms with Gasteiger partial charge in [-0.3, -0.25) is 9.59 Å². The molecule has 5 heteroatoms. The van der Waals surface area contributed by atoms with E-state index in [9.17, 15) is 9.59 Å². The molecule has 0 bridgehead atoms. The molecule has 1 rings (SSSR count). The van der Waals surface area contributed by atoms with E-state index >= 15 is 0 Å². The molecule has 0 radical (unpaired) electrons. The normalized spacial score (nSPS) is 17.4. The molecule has 1 heterocycles. The number of likely N-dealkylation sites (tertiary alicyclic amines) is 1. The maximum absolute atomic E-state index is 11.6. The number of hydrogen-bond acceptors (Lipinski definition) is 3. The zero-order chi connectivity index (χ0) is 13.5. The van der Waals surface area contributed by atoms with Crippen LogP contribution in [0, 0.1) is 5.92 Å². The van der Waals surface area contributed by atoms with Crippen molar-refractivity contribution in [2.24, 2.45) is 5.92 Å². The number of carbonyl (C=O) groups excluding carboxylic acids is 2. The molecular weight excluding hydrogens is 232 g/mol. The zero-order valence-corrected chi connectivity index (χ0v) is 11.1. The molecule has 0 aliphatic carbocycles. The third kappa shape index (κ3) is 4.87. The van der Waals surface area contributed by atoms with E-state index in [2.05, 4.69) is 5.32 Å². The van der Waals surface area contributed by atoms with Crippen LogP contribution < -0.4 is 5.32 Å². The van der Waals surface area contributed by atoms with E-state index in [1.807, 2.05) is 19.9 Å². The molecule has 1 aliphatic rings. The summed E-state index contributed by atoms with van der Waals surface area (Å²) in [4.78, 5) is 24.5. The van der Waals surface area contributed by atoms with Gasteiger partial charge >= 0.3 is 0 Å². The van der Waals surface area contributed by atoms with E-state index in [-0.39, 0.29) is 17.9 Å². The Hall–Kier alpha value is -1.36. The lowest BCUT2D eigenvalue weighted by molar-refractivity contribution is -0.135. The summed E-state index contributed by atoms with van der Waals surface area (Å²) in [5.74, 6) is 0.0508. The van der Waals surface area contributed by atoms with E-state index in [1.165, 1.54) is 0 Å². The Kier molecular flexibility index (Phi) is 5.85. The first kappa shape index (κ1) is 14.7. The van der Waals surface area contributed by atoms with Crippen LogP contribution in [0.3, 0.4) is 0 Å². The van der Waals surface area contributed by atoms with Crippen LogP contribution in [-0.2, 0) is 9.59 Å². The van der Waals surface area contributed by atoms with E-state index in [4.69, 9.17) is 5.11 Å². The number of aliphatic hydroxyl groups excluding tert-OH is 1. The lowest BCUT2D eigenvalue weighted by atomic mass is 10.0. The molecule has 2 N–H and O–H groups in total. The second-order valence-corrected chi connectivity index (χ2v) is 4.92. The molecule has 1 fully saturated rings. The molecule has 0 aromatic carbocycles. The summed E-state index contributed by atoms with van der Waals surface area (Å²) in [7, 11) is 0. The van der Waals surface area contributed by atoms with E-state index < -0.39 is 6.61 Å². The number of carbonyl (C=O) groups is 2. The van der Waals surface area contributed by atoms with Crippen molar-refractivity contribution in [3.8, 4) is 0 Å². The highest BCUT2D eigenvalue weighted by molar-refractivity contribution is 5.87. The Morgan fingerprint density at radius 3 is 2.50 bits per heavy atom. The quantitative estimate of drug-likeness (QED) is 0.709. The molecule has 5 nitrogen and oxygen atoms in total. The topological polar surface area (TPSA) is 69.6 Å². The van der Waals surface area contributed by atoms with Crippen molar-refractivity contribution in [2.45, 2.75) is 32.7 Å². The summed E-state index contributed by atoms with van der Waals surface area (Å²) in [5, 5.41) is 11.7. The smallest absolute Gasteiger partial charge is 0.248 e. The molecular formula is C13H22N2O3. The summed E-state index contributed by atoms with van der Waals surface area (Å²) >= 11 is 0. The summed E-state index contributed by atoms with van der Waals surface area (Å²) in [5.41, 5.74) is 0. The highest BCUT2D eigenvalue weighted by atomic mass is 16.3. The Balaban J connectivity index is 2.31. The van der Waals surface area contributed by atoms with Crippen molar-refractivity contribution in [3.63, 3.8) is 0 Å². The number of hydrogen-bond donors (Lipinski definition) is 2. The van der Waals surface area contributed by atoms with Gasteiger partial charge in [0.05, 0.1) is 0 Å². The first-order valence-corrected chi connectivity index (χ1v) is 6.40. The summed E-state index contributed by atoms with van der Waals surface area (Å²) in [6, 6.07) is 0.122. The largest absolute Gasteiger partial charge is 0.387 e. The third-order valence-electron chi connectivity index (χ3n) is 2.96. The van der Waals surface area contributed by atoms with Crippen molar-refractivity contribution in [2.75, 3.05) is 19.7 Å². The highest BCUT2D eigenvalue weighted by Crippen LogP contribution is 2.10. The summed E-state index contributed by atoms with van der Waals surface area (Å²) in [6.45, 7) is 4.79. The van der Waals surface area contributed by atoms with Crippen molar-refractivity contribution < 1.29 is 14.7 Å². The molecule has 0 atom stereocenters. The first-order valence-electron chi connectivity index (χ1n) is 6.40. The SMILES string of the molecule is CC(C)/C=C/C(=O)NC1CCN(C(=O)CO)CC1. The molecule has 0 aromatic rings. The molecule has 1 saturated heterocycles. The molecule has 0 saturated carbocycles. The van der Waals surface area contributed by atoms with Crippen LogP contribution in [0.1, 0.15) is 26.7 Å². The van der Waals surface area contributed by atoms with Gasteiger partial charge in [-0.05, 0) is 24.8 Å². The number of nitrogens with one attached hydrogen (secondary N) is 1. The number of piperidine rings is 1. The van der Waals surface area contributed by atoms with E-state index in [1.54, 1.807) is 11.0 Å². The lowest BCUT2D eigenvalue weighted by Crippen LogP contribution is -2.47. The van der Waals surface area contributed by atoms with Crippen LogP contribution in [0.2, 0.25) is 0 Å². The Bertz CT molecular complexity index is 318. The van der Waals surface area contributed by atoms with Crippen LogP contribution in [-0.4, -0.2) is 47.6 Å². The number of allylic oxidation sites excluding steroid dienone is 1. The van der Waals surface area contributed by atoms with Crippen molar-refractivity contribution in [3.05, 3.63) is 12.2 Å². The Morgan fingerprint density at radius 2 is 2.00 bits per heavy atom. The summed E-state index contributed by atoms with van der Waals surface area (Å²) in [6.07, 6.45) is 4.91. The van der Waals surface area contributed by atoms with Gasteiger partial charge in [-0.25, -0.2) is 0 Å². The average molecular weight is 254 g/mol. The molecule has 18 heavy (non-hydrogen) atoms. The predicted octanol–water partition coefficient (Wildman–Crippen LogP) is 0.298. The van der Waals surface area contributed by atoms with Gasteiger partial charge < -0.3 is 15.3 Å². The number of rotatable bonds is 4. The maximum atomic E-state index is 11.6. The fourth-order valence-electron chi connectivity index (χ4n) is 1.90. The molecule has 0 unspecified atom stereocenters. The van der Waals surface area contributed by atoms with Crippen LogP contribution >= 0.6 is 0 Å². The predicted molar refractivity (Wildman–Crippen MR) is 68.8 cm³/mol. The van der Waals surface area contributed by atoms with Crippen molar-refractivity contribution in [1.82, 2.24) is 10.2 Å². The van der Waals surface area contributed by atoms with Crippen molar-refractivity contribution in [1.29, 1.82) is 0 Å². The fourth-order valence-corrected chi connectivity index (χ4v) is 1.90. The minimum atomic E-state index is -0.436. The maximum Gasteiger partial charge on any atom is 0.248 e. The van der Waals surface area contributed by atoms with Gasteiger partial charge in [0.15, 0.2) is 0 Å². The fraction of sp³-hybridized carbons (Fsp3) is 0.692. The Morgan fingerprint density at radius 1 is 1.39 bits per heavy atom. The van der Waals surface area contributed by atoms with E-state index in [0.29, 0.717) is 19.0 Å². The first-order chi connectivity index (χ1) is 8.52. The zero-order valence-electron chi connectivity index (χ0n) is 11.1. The molecule has 102 valence electrons. The standard InChI is InChI=1S/C13H22N2O3/c1-10(2)3-4-12(17)14-11-5-7-15(8-6-11)13(18)9-16/h3-4,10-11,16H,5-9H2,1-2H3,(H,14,17)/b4-3+.